The predicted octanol–water partition coefficient (Wildman–Crippen LogP) is 2.93. The number of aryl methyl sites for hydroxylation is 1. The molecule has 0 aliphatic rings. The van der Waals surface area contributed by atoms with Gasteiger partial charge in [-0.15, -0.1) is 0 Å². The molecule has 88 valence electrons. The molecule has 1 amide bonds. The monoisotopic (exact) mass is 252 g/mol. The Morgan fingerprint density at radius 3 is 2.69 bits per heavy atom. The first-order valence-corrected chi connectivity index (χ1v) is 4.65. The van der Waals surface area contributed by atoms with Gasteiger partial charge < -0.3 is 5.32 Å². The third-order valence-corrected chi connectivity index (χ3v) is 2.03. The van der Waals surface area contributed by atoms with Crippen LogP contribution in [0.5, 0.6) is 0 Å². The molecule has 1 N–H and O–H groups in total. The lowest BCUT2D eigenvalue weighted by Gasteiger charge is -2.10. The van der Waals surface area contributed by atoms with Crippen molar-refractivity contribution in [2.75, 3.05) is 5.32 Å². The summed E-state index contributed by atoms with van der Waals surface area (Å²) in [5.41, 5.74) is 0.661. The van der Waals surface area contributed by atoms with Gasteiger partial charge in [0.05, 0.1) is 5.69 Å². The van der Waals surface area contributed by atoms with Crippen LogP contribution < -0.4 is 5.32 Å². The van der Waals surface area contributed by atoms with E-state index in [1.165, 1.54) is 12.3 Å². The van der Waals surface area contributed by atoms with E-state index in [1.807, 2.05) is 0 Å². The van der Waals surface area contributed by atoms with Crippen LogP contribution in [0.1, 0.15) is 12.0 Å². The molecule has 0 saturated carbocycles. The summed E-state index contributed by atoms with van der Waals surface area (Å²) in [5.74, 6) is -1.16. The lowest BCUT2D eigenvalue weighted by molar-refractivity contribution is -0.150. The second kappa shape index (κ2) is 4.69. The number of nitrogens with zero attached hydrogens (tertiary/aromatic N) is 1. The summed E-state index contributed by atoms with van der Waals surface area (Å²) in [7, 11) is 0. The number of rotatable bonds is 2. The van der Waals surface area contributed by atoms with Crippen LogP contribution in [0.15, 0.2) is 12.3 Å². The highest BCUT2D eigenvalue weighted by Crippen LogP contribution is 2.25. The molecule has 0 unspecified atom stereocenters. The average molecular weight is 253 g/mol. The van der Waals surface area contributed by atoms with Crippen molar-refractivity contribution < 1.29 is 18.0 Å². The van der Waals surface area contributed by atoms with Gasteiger partial charge >= 0.3 is 6.18 Å². The number of pyridine rings is 1. The topological polar surface area (TPSA) is 42.0 Å². The minimum Gasteiger partial charge on any atom is -0.323 e. The number of alkyl halides is 3. The number of anilines is 1. The molecule has 0 fully saturated rings. The van der Waals surface area contributed by atoms with Gasteiger partial charge in [-0.3, -0.25) is 4.79 Å². The largest absolute Gasteiger partial charge is 0.397 e. The van der Waals surface area contributed by atoms with Crippen LogP contribution in [0, 0.1) is 6.92 Å². The maximum absolute atomic E-state index is 11.9. The number of aromatic nitrogens is 1. The Balaban J connectivity index is 2.78. The van der Waals surface area contributed by atoms with E-state index < -0.39 is 18.5 Å². The average Bonchev–Trinajstić information content (AvgIpc) is 2.08. The highest BCUT2D eigenvalue weighted by atomic mass is 35.5. The summed E-state index contributed by atoms with van der Waals surface area (Å²) in [6.45, 7) is 1.61. The van der Waals surface area contributed by atoms with Crippen LogP contribution in [0.3, 0.4) is 0 Å². The fraction of sp³-hybridized carbons (Fsp3) is 0.333. The first kappa shape index (κ1) is 12.8. The molecular formula is C9H8ClF3N2O. The van der Waals surface area contributed by atoms with Crippen LogP contribution in [0.2, 0.25) is 5.15 Å². The Hall–Kier alpha value is -1.30. The van der Waals surface area contributed by atoms with E-state index in [9.17, 15) is 18.0 Å². The SMILES string of the molecule is Cc1ccnc(Cl)c1NC(=O)CC(F)(F)F. The normalized spacial score (nSPS) is 11.3. The van der Waals surface area contributed by atoms with Gasteiger partial charge in [-0.05, 0) is 18.6 Å². The molecule has 16 heavy (non-hydrogen) atoms. The molecule has 3 nitrogen and oxygen atoms in total. The Kier molecular flexibility index (Phi) is 3.74. The molecule has 0 bridgehead atoms. The first-order valence-electron chi connectivity index (χ1n) is 4.27. The Bertz CT molecular complexity index is 386. The highest BCUT2D eigenvalue weighted by molar-refractivity contribution is 6.32. The van der Waals surface area contributed by atoms with Crippen LogP contribution in [0.4, 0.5) is 18.9 Å². The van der Waals surface area contributed by atoms with E-state index >= 15 is 0 Å². The Morgan fingerprint density at radius 2 is 2.19 bits per heavy atom. The van der Waals surface area contributed by atoms with Crippen molar-refractivity contribution in [3.63, 3.8) is 0 Å². The van der Waals surface area contributed by atoms with Gasteiger partial charge in [-0.25, -0.2) is 4.98 Å². The summed E-state index contributed by atoms with van der Waals surface area (Å²) >= 11 is 5.64. The molecule has 0 radical (unpaired) electrons. The highest BCUT2D eigenvalue weighted by Gasteiger charge is 2.31. The number of amides is 1. The van der Waals surface area contributed by atoms with Crippen molar-refractivity contribution in [2.45, 2.75) is 19.5 Å². The lowest BCUT2D eigenvalue weighted by atomic mass is 10.2. The van der Waals surface area contributed by atoms with Gasteiger partial charge in [-0.2, -0.15) is 13.2 Å². The van der Waals surface area contributed by atoms with Crippen molar-refractivity contribution in [3.8, 4) is 0 Å². The van der Waals surface area contributed by atoms with Gasteiger partial charge in [0.25, 0.3) is 0 Å². The fourth-order valence-corrected chi connectivity index (χ4v) is 1.29. The van der Waals surface area contributed by atoms with Crippen LogP contribution in [-0.2, 0) is 4.79 Å². The second-order valence-corrected chi connectivity index (χ2v) is 3.49. The Labute approximate surface area is 94.6 Å². The second-order valence-electron chi connectivity index (χ2n) is 3.13. The van der Waals surface area contributed by atoms with E-state index in [4.69, 9.17) is 11.6 Å². The summed E-state index contributed by atoms with van der Waals surface area (Å²) < 4.78 is 35.7. The van der Waals surface area contributed by atoms with E-state index in [1.54, 1.807) is 6.92 Å². The van der Waals surface area contributed by atoms with Crippen molar-refractivity contribution in [1.29, 1.82) is 0 Å². The zero-order chi connectivity index (χ0) is 12.3. The third-order valence-electron chi connectivity index (χ3n) is 1.74. The van der Waals surface area contributed by atoms with Crippen LogP contribution in [0.25, 0.3) is 0 Å². The summed E-state index contributed by atoms with van der Waals surface area (Å²) in [6, 6.07) is 1.54. The van der Waals surface area contributed by atoms with Crippen molar-refractivity contribution in [3.05, 3.63) is 23.0 Å². The number of nitrogens with one attached hydrogen (secondary N) is 1. The Morgan fingerprint density at radius 1 is 1.56 bits per heavy atom. The van der Waals surface area contributed by atoms with Gasteiger partial charge in [0.2, 0.25) is 5.91 Å². The summed E-state index contributed by atoms with van der Waals surface area (Å²) in [5, 5.41) is 2.05. The molecule has 1 aromatic rings. The molecule has 0 aromatic carbocycles. The number of carbonyl (C=O) groups is 1. The van der Waals surface area contributed by atoms with Crippen LogP contribution in [-0.4, -0.2) is 17.1 Å². The molecule has 1 rings (SSSR count). The molecule has 0 saturated heterocycles. The van der Waals surface area contributed by atoms with E-state index in [-0.39, 0.29) is 10.8 Å². The molecule has 0 aliphatic heterocycles. The van der Waals surface area contributed by atoms with Crippen molar-refractivity contribution in [1.82, 2.24) is 4.98 Å². The van der Waals surface area contributed by atoms with Gasteiger partial charge in [0.1, 0.15) is 6.42 Å². The molecule has 0 spiro atoms. The fourth-order valence-electron chi connectivity index (χ4n) is 1.04. The van der Waals surface area contributed by atoms with E-state index in [0.717, 1.165) is 0 Å². The number of halogens is 4. The van der Waals surface area contributed by atoms with E-state index in [0.29, 0.717) is 5.56 Å². The standard InChI is InChI=1S/C9H8ClF3N2O/c1-5-2-3-14-8(10)7(5)15-6(16)4-9(11,12)13/h2-3H,4H2,1H3,(H,15,16). The molecule has 1 heterocycles. The molecule has 1 aromatic heterocycles. The van der Waals surface area contributed by atoms with Crippen LogP contribution >= 0.6 is 11.6 Å². The third kappa shape index (κ3) is 3.69. The van der Waals surface area contributed by atoms with Gasteiger partial charge in [0, 0.05) is 6.20 Å². The summed E-state index contributed by atoms with van der Waals surface area (Å²) in [4.78, 5) is 14.7. The number of hydrogen-bond donors (Lipinski definition) is 1. The maximum Gasteiger partial charge on any atom is 0.397 e. The minimum atomic E-state index is -4.54. The first-order chi connectivity index (χ1) is 7.29. The smallest absolute Gasteiger partial charge is 0.323 e. The lowest BCUT2D eigenvalue weighted by Crippen LogP contribution is -2.21. The minimum absolute atomic E-state index is 0.0319. The molecule has 0 atom stereocenters. The number of carbonyl (C=O) groups excluding carboxylic acids is 1. The predicted molar refractivity (Wildman–Crippen MR) is 53.3 cm³/mol. The zero-order valence-electron chi connectivity index (χ0n) is 8.23. The van der Waals surface area contributed by atoms with Gasteiger partial charge in [-0.1, -0.05) is 11.6 Å². The number of hydrogen-bond acceptors (Lipinski definition) is 2. The van der Waals surface area contributed by atoms with Crippen molar-refractivity contribution in [2.24, 2.45) is 0 Å². The van der Waals surface area contributed by atoms with Crippen molar-refractivity contribution >= 4 is 23.2 Å². The molecule has 0 aliphatic carbocycles. The van der Waals surface area contributed by atoms with Gasteiger partial charge in [0.15, 0.2) is 5.15 Å². The summed E-state index contributed by atoms with van der Waals surface area (Å²) in [6.07, 6.45) is -4.68. The molecular weight excluding hydrogens is 245 g/mol. The zero-order valence-corrected chi connectivity index (χ0v) is 8.99. The quantitative estimate of drug-likeness (QED) is 0.823. The maximum atomic E-state index is 11.9. The molecule has 7 heteroatoms. The van der Waals surface area contributed by atoms with E-state index in [2.05, 4.69) is 10.3 Å².